The Morgan fingerprint density at radius 3 is 2.77 bits per heavy atom. The summed E-state index contributed by atoms with van der Waals surface area (Å²) in [5.41, 5.74) is 0. The molecule has 0 amide bonds. The lowest BCUT2D eigenvalue weighted by Crippen LogP contribution is -2.32. The first-order valence-corrected chi connectivity index (χ1v) is 6.44. The molecule has 0 aliphatic heterocycles. The maximum Gasteiger partial charge on any atom is 0.0599 e. The highest BCUT2D eigenvalue weighted by Crippen LogP contribution is 2.25. The van der Waals surface area contributed by atoms with E-state index in [1.807, 2.05) is 30.1 Å². The minimum Gasteiger partial charge on any atom is -0.316 e. The second-order valence-corrected chi connectivity index (χ2v) is 5.65. The monoisotopic (exact) mass is 215 g/mol. The van der Waals surface area contributed by atoms with Crippen molar-refractivity contribution < 1.29 is 0 Å². The molecule has 0 spiro atoms. The molecule has 1 atom stereocenters. The first-order valence-electron chi connectivity index (χ1n) is 4.57. The maximum absolute atomic E-state index is 3.35. The molecule has 13 heavy (non-hydrogen) atoms. The van der Waals surface area contributed by atoms with Crippen LogP contribution in [-0.2, 0) is 0 Å². The summed E-state index contributed by atoms with van der Waals surface area (Å²) < 4.78 is 1.42. The third kappa shape index (κ3) is 3.71. The highest BCUT2D eigenvalue weighted by atomic mass is 32.2. The van der Waals surface area contributed by atoms with Crippen molar-refractivity contribution in [2.75, 3.05) is 12.8 Å². The highest BCUT2D eigenvalue weighted by Gasteiger charge is 2.10. The van der Waals surface area contributed by atoms with Gasteiger partial charge >= 0.3 is 0 Å². The van der Waals surface area contributed by atoms with Gasteiger partial charge in [-0.25, -0.2) is 0 Å². The minimum absolute atomic E-state index is 0.618. The maximum atomic E-state index is 3.35. The zero-order valence-corrected chi connectivity index (χ0v) is 10.0. The van der Waals surface area contributed by atoms with E-state index in [-0.39, 0.29) is 0 Å². The molecule has 1 aromatic heterocycles. The van der Waals surface area contributed by atoms with E-state index in [1.54, 1.807) is 0 Å². The van der Waals surface area contributed by atoms with Gasteiger partial charge in [0.15, 0.2) is 0 Å². The molecule has 1 rings (SSSR count). The van der Waals surface area contributed by atoms with Crippen molar-refractivity contribution in [2.24, 2.45) is 5.92 Å². The number of nitrogens with one attached hydrogen (secondary N) is 1. The summed E-state index contributed by atoms with van der Waals surface area (Å²) in [7, 11) is 2.04. The van der Waals surface area contributed by atoms with Crippen LogP contribution in [0.25, 0.3) is 0 Å². The fourth-order valence-electron chi connectivity index (χ4n) is 1.13. The quantitative estimate of drug-likeness (QED) is 0.758. The van der Waals surface area contributed by atoms with Crippen molar-refractivity contribution in [3.8, 4) is 0 Å². The van der Waals surface area contributed by atoms with Crippen LogP contribution in [0.3, 0.4) is 0 Å². The first kappa shape index (κ1) is 11.1. The molecule has 3 heteroatoms. The van der Waals surface area contributed by atoms with Gasteiger partial charge in [0.25, 0.3) is 0 Å². The number of rotatable bonds is 5. The third-order valence-corrected chi connectivity index (χ3v) is 4.33. The highest BCUT2D eigenvalue weighted by molar-refractivity contribution is 8.01. The van der Waals surface area contributed by atoms with Crippen LogP contribution in [0.1, 0.15) is 13.8 Å². The van der Waals surface area contributed by atoms with Crippen LogP contribution in [0.4, 0.5) is 0 Å². The molecule has 1 aromatic rings. The minimum atomic E-state index is 0.618. The normalized spacial score (nSPS) is 13.5. The Balaban J connectivity index is 2.32. The summed E-state index contributed by atoms with van der Waals surface area (Å²) >= 11 is 3.77. The van der Waals surface area contributed by atoms with Crippen LogP contribution in [-0.4, -0.2) is 18.8 Å². The van der Waals surface area contributed by atoms with Crippen molar-refractivity contribution in [1.82, 2.24) is 5.32 Å². The molecular weight excluding hydrogens is 198 g/mol. The number of hydrogen-bond acceptors (Lipinski definition) is 3. The van der Waals surface area contributed by atoms with Crippen LogP contribution < -0.4 is 5.32 Å². The molecule has 0 aliphatic rings. The lowest BCUT2D eigenvalue weighted by Gasteiger charge is -2.18. The van der Waals surface area contributed by atoms with E-state index < -0.39 is 0 Å². The van der Waals surface area contributed by atoms with Crippen LogP contribution in [0.5, 0.6) is 0 Å². The summed E-state index contributed by atoms with van der Waals surface area (Å²) in [6, 6.07) is 4.91. The molecular formula is C10H17NS2. The lowest BCUT2D eigenvalue weighted by atomic mass is 10.1. The van der Waals surface area contributed by atoms with Gasteiger partial charge in [0, 0.05) is 11.8 Å². The van der Waals surface area contributed by atoms with Crippen molar-refractivity contribution in [3.05, 3.63) is 17.5 Å². The van der Waals surface area contributed by atoms with Crippen molar-refractivity contribution in [1.29, 1.82) is 0 Å². The van der Waals surface area contributed by atoms with Gasteiger partial charge in [0.2, 0.25) is 0 Å². The summed E-state index contributed by atoms with van der Waals surface area (Å²) in [6.07, 6.45) is 0. The van der Waals surface area contributed by atoms with E-state index in [4.69, 9.17) is 0 Å². The molecule has 0 aromatic carbocycles. The Labute approximate surface area is 88.9 Å². The van der Waals surface area contributed by atoms with Crippen LogP contribution in [0, 0.1) is 5.92 Å². The van der Waals surface area contributed by atoms with Gasteiger partial charge in [0.1, 0.15) is 0 Å². The Kier molecular flexibility index (Phi) is 4.84. The number of thioether (sulfide) groups is 1. The third-order valence-electron chi connectivity index (χ3n) is 2.08. The van der Waals surface area contributed by atoms with Crippen LogP contribution in [0.2, 0.25) is 0 Å². The topological polar surface area (TPSA) is 12.0 Å². The van der Waals surface area contributed by atoms with E-state index in [9.17, 15) is 0 Å². The molecule has 0 radical (unpaired) electrons. The SMILES string of the molecule is CNC(CSc1cccs1)C(C)C. The smallest absolute Gasteiger partial charge is 0.0599 e. The van der Waals surface area contributed by atoms with Crippen LogP contribution in [0.15, 0.2) is 21.7 Å². The van der Waals surface area contributed by atoms with E-state index in [2.05, 4.69) is 36.7 Å². The second-order valence-electron chi connectivity index (χ2n) is 3.38. The molecule has 0 bridgehead atoms. The summed E-state index contributed by atoms with van der Waals surface area (Å²) in [5.74, 6) is 1.87. The van der Waals surface area contributed by atoms with Gasteiger partial charge in [-0.05, 0) is 24.4 Å². The predicted octanol–water partition coefficient (Wildman–Crippen LogP) is 3.08. The molecule has 0 saturated heterocycles. The average molecular weight is 215 g/mol. The molecule has 0 fully saturated rings. The Morgan fingerprint density at radius 2 is 2.31 bits per heavy atom. The van der Waals surface area contributed by atoms with Gasteiger partial charge in [-0.3, -0.25) is 0 Å². The Bertz CT molecular complexity index is 219. The lowest BCUT2D eigenvalue weighted by molar-refractivity contribution is 0.465. The fourth-order valence-corrected chi connectivity index (χ4v) is 3.29. The average Bonchev–Trinajstić information content (AvgIpc) is 2.57. The largest absolute Gasteiger partial charge is 0.316 e. The van der Waals surface area contributed by atoms with Gasteiger partial charge in [-0.1, -0.05) is 19.9 Å². The van der Waals surface area contributed by atoms with Crippen molar-refractivity contribution >= 4 is 23.1 Å². The predicted molar refractivity (Wildman–Crippen MR) is 62.7 cm³/mol. The number of hydrogen-bond donors (Lipinski definition) is 1. The summed E-state index contributed by atoms with van der Waals surface area (Å²) in [4.78, 5) is 0. The van der Waals surface area contributed by atoms with Gasteiger partial charge in [-0.2, -0.15) is 0 Å². The molecule has 0 aliphatic carbocycles. The van der Waals surface area contributed by atoms with Crippen LogP contribution >= 0.6 is 23.1 Å². The van der Waals surface area contributed by atoms with E-state index in [0.717, 1.165) is 5.75 Å². The molecule has 1 heterocycles. The zero-order chi connectivity index (χ0) is 9.68. The fraction of sp³-hybridized carbons (Fsp3) is 0.600. The molecule has 0 saturated carbocycles. The molecule has 74 valence electrons. The zero-order valence-electron chi connectivity index (χ0n) is 8.41. The van der Waals surface area contributed by atoms with E-state index in [1.165, 1.54) is 4.21 Å². The van der Waals surface area contributed by atoms with Crippen molar-refractivity contribution in [3.63, 3.8) is 0 Å². The molecule has 1 nitrogen and oxygen atoms in total. The molecule has 1 unspecified atom stereocenters. The Hall–Kier alpha value is 0.01000. The second kappa shape index (κ2) is 5.68. The van der Waals surface area contributed by atoms with E-state index >= 15 is 0 Å². The van der Waals surface area contributed by atoms with E-state index in [0.29, 0.717) is 12.0 Å². The van der Waals surface area contributed by atoms with Gasteiger partial charge < -0.3 is 5.32 Å². The number of thiophene rings is 1. The standard InChI is InChI=1S/C10H17NS2/c1-8(2)9(11-3)7-13-10-5-4-6-12-10/h4-6,8-9,11H,7H2,1-3H3. The first-order chi connectivity index (χ1) is 6.24. The van der Waals surface area contributed by atoms with Gasteiger partial charge in [0.05, 0.1) is 4.21 Å². The van der Waals surface area contributed by atoms with Crippen molar-refractivity contribution in [2.45, 2.75) is 24.1 Å². The molecule has 1 N–H and O–H groups in total. The Morgan fingerprint density at radius 1 is 1.54 bits per heavy atom. The summed E-state index contributed by atoms with van der Waals surface area (Å²) in [6.45, 7) is 4.52. The summed E-state index contributed by atoms with van der Waals surface area (Å²) in [5, 5.41) is 5.48. The van der Waals surface area contributed by atoms with Gasteiger partial charge in [-0.15, -0.1) is 23.1 Å².